The number of hydrogen-bond donors (Lipinski definition) is 1. The van der Waals surface area contributed by atoms with E-state index in [1.807, 2.05) is 19.1 Å². The lowest BCUT2D eigenvalue weighted by molar-refractivity contribution is 0.351. The van der Waals surface area contributed by atoms with Crippen LogP contribution in [0, 0.1) is 13.8 Å². The van der Waals surface area contributed by atoms with Crippen LogP contribution in [0.2, 0.25) is 0 Å². The monoisotopic (exact) mass is 208 g/mol. The molecule has 0 atom stereocenters. The minimum absolute atomic E-state index is 0.549. The van der Waals surface area contributed by atoms with E-state index in [2.05, 4.69) is 32.2 Å². The van der Waals surface area contributed by atoms with E-state index in [1.54, 1.807) is 0 Å². The third kappa shape index (κ3) is 3.11. The van der Waals surface area contributed by atoms with Gasteiger partial charge in [0.1, 0.15) is 12.4 Å². The summed E-state index contributed by atoms with van der Waals surface area (Å²) in [5.74, 6) is 1.60. The lowest BCUT2D eigenvalue weighted by Gasteiger charge is -2.10. The molecule has 0 aliphatic heterocycles. The fourth-order valence-corrected chi connectivity index (χ4v) is 1.28. The van der Waals surface area contributed by atoms with Crippen LogP contribution in [0.1, 0.15) is 11.1 Å². The van der Waals surface area contributed by atoms with Gasteiger partial charge in [-0.2, -0.15) is 12.6 Å². The van der Waals surface area contributed by atoms with Crippen LogP contribution in [0.3, 0.4) is 0 Å². The van der Waals surface area contributed by atoms with Crippen molar-refractivity contribution in [1.29, 1.82) is 0 Å². The largest absolute Gasteiger partial charge is 0.489 e. The second kappa shape index (κ2) is 5.11. The fraction of sp³-hybridized carbons (Fsp3) is 0.333. The van der Waals surface area contributed by atoms with E-state index in [0.29, 0.717) is 12.4 Å². The Hall–Kier alpha value is -0.890. The van der Waals surface area contributed by atoms with Gasteiger partial charge in [0.05, 0.1) is 0 Å². The van der Waals surface area contributed by atoms with Gasteiger partial charge in [-0.05, 0) is 31.1 Å². The van der Waals surface area contributed by atoms with Crippen LogP contribution in [0.25, 0.3) is 0 Å². The Kier molecular flexibility index (Phi) is 4.08. The van der Waals surface area contributed by atoms with Crippen LogP contribution in [-0.4, -0.2) is 12.4 Å². The molecule has 1 rings (SSSR count). The summed E-state index contributed by atoms with van der Waals surface area (Å²) in [4.78, 5) is 0. The van der Waals surface area contributed by atoms with Gasteiger partial charge < -0.3 is 4.74 Å². The smallest absolute Gasteiger partial charge is 0.122 e. The zero-order valence-corrected chi connectivity index (χ0v) is 9.60. The fourth-order valence-electron chi connectivity index (χ4n) is 1.19. The zero-order chi connectivity index (χ0) is 10.6. The van der Waals surface area contributed by atoms with E-state index in [1.165, 1.54) is 5.56 Å². The van der Waals surface area contributed by atoms with Gasteiger partial charge in [-0.1, -0.05) is 24.3 Å². The van der Waals surface area contributed by atoms with Gasteiger partial charge in [-0.25, -0.2) is 0 Å². The maximum absolute atomic E-state index is 5.60. The van der Waals surface area contributed by atoms with Crippen LogP contribution in [0.5, 0.6) is 5.75 Å². The SMILES string of the molecule is C=C(CS)COc1ccc(C)cc1C. The van der Waals surface area contributed by atoms with Crippen molar-refractivity contribution in [2.45, 2.75) is 13.8 Å². The van der Waals surface area contributed by atoms with Gasteiger partial charge in [0.15, 0.2) is 0 Å². The summed E-state index contributed by atoms with van der Waals surface area (Å²) < 4.78 is 5.60. The third-order valence-electron chi connectivity index (χ3n) is 1.99. The summed E-state index contributed by atoms with van der Waals surface area (Å²) in [6.07, 6.45) is 0. The summed E-state index contributed by atoms with van der Waals surface area (Å²) in [6.45, 7) is 8.50. The Bertz CT molecular complexity index is 331. The normalized spacial score (nSPS) is 9.93. The molecule has 0 fully saturated rings. The third-order valence-corrected chi connectivity index (χ3v) is 2.43. The Balaban J connectivity index is 2.63. The van der Waals surface area contributed by atoms with Gasteiger partial charge in [-0.15, -0.1) is 0 Å². The first kappa shape index (κ1) is 11.2. The minimum Gasteiger partial charge on any atom is -0.489 e. The number of hydrogen-bond acceptors (Lipinski definition) is 2. The summed E-state index contributed by atoms with van der Waals surface area (Å²) in [5, 5.41) is 0. The van der Waals surface area contributed by atoms with E-state index in [-0.39, 0.29) is 0 Å². The highest BCUT2D eigenvalue weighted by Crippen LogP contribution is 2.19. The van der Waals surface area contributed by atoms with E-state index in [0.717, 1.165) is 16.9 Å². The number of aryl methyl sites for hydroxylation is 2. The number of rotatable bonds is 4. The van der Waals surface area contributed by atoms with Crippen LogP contribution in [0.15, 0.2) is 30.4 Å². The van der Waals surface area contributed by atoms with Crippen LogP contribution in [-0.2, 0) is 0 Å². The average Bonchev–Trinajstić information content (AvgIpc) is 2.16. The molecule has 0 bridgehead atoms. The molecule has 0 heterocycles. The van der Waals surface area contributed by atoms with Crippen molar-refractivity contribution in [1.82, 2.24) is 0 Å². The van der Waals surface area contributed by atoms with E-state index < -0.39 is 0 Å². The molecule has 0 radical (unpaired) electrons. The summed E-state index contributed by atoms with van der Waals surface area (Å²) >= 11 is 4.12. The van der Waals surface area contributed by atoms with Gasteiger partial charge in [0.2, 0.25) is 0 Å². The van der Waals surface area contributed by atoms with Gasteiger partial charge in [0, 0.05) is 5.75 Å². The van der Waals surface area contributed by atoms with Crippen molar-refractivity contribution in [3.63, 3.8) is 0 Å². The first-order chi connectivity index (χ1) is 6.63. The highest BCUT2D eigenvalue weighted by atomic mass is 32.1. The summed E-state index contributed by atoms with van der Waals surface area (Å²) in [6, 6.07) is 6.15. The lowest BCUT2D eigenvalue weighted by Crippen LogP contribution is -2.02. The first-order valence-corrected chi connectivity index (χ1v) is 5.24. The van der Waals surface area contributed by atoms with Crippen molar-refractivity contribution in [2.75, 3.05) is 12.4 Å². The summed E-state index contributed by atoms with van der Waals surface area (Å²) in [7, 11) is 0. The zero-order valence-electron chi connectivity index (χ0n) is 8.71. The molecule has 14 heavy (non-hydrogen) atoms. The second-order valence-corrected chi connectivity index (χ2v) is 3.78. The van der Waals surface area contributed by atoms with E-state index in [4.69, 9.17) is 4.74 Å². The second-order valence-electron chi connectivity index (χ2n) is 3.47. The molecule has 1 aromatic carbocycles. The number of ether oxygens (including phenoxy) is 1. The Labute approximate surface area is 91.2 Å². The Morgan fingerprint density at radius 3 is 2.71 bits per heavy atom. The molecule has 1 aromatic rings. The maximum Gasteiger partial charge on any atom is 0.122 e. The molecule has 0 unspecified atom stereocenters. The quantitative estimate of drug-likeness (QED) is 0.590. The molecule has 2 heteroatoms. The predicted octanol–water partition coefficient (Wildman–Crippen LogP) is 3.17. The highest BCUT2D eigenvalue weighted by Gasteiger charge is 1.99. The Morgan fingerprint density at radius 1 is 1.43 bits per heavy atom. The van der Waals surface area contributed by atoms with Crippen LogP contribution in [0.4, 0.5) is 0 Å². The van der Waals surface area contributed by atoms with Crippen molar-refractivity contribution in [3.8, 4) is 5.75 Å². The van der Waals surface area contributed by atoms with Gasteiger partial charge in [-0.3, -0.25) is 0 Å². The molecular weight excluding hydrogens is 192 g/mol. The molecule has 0 saturated carbocycles. The standard InChI is InChI=1S/C12H16OS/c1-9-4-5-12(11(3)6-9)13-7-10(2)8-14/h4-6,14H,2,7-8H2,1,3H3. The van der Waals surface area contributed by atoms with Crippen molar-refractivity contribution >= 4 is 12.6 Å². The van der Waals surface area contributed by atoms with E-state index in [9.17, 15) is 0 Å². The molecule has 76 valence electrons. The molecule has 0 amide bonds. The maximum atomic E-state index is 5.60. The van der Waals surface area contributed by atoms with Gasteiger partial charge >= 0.3 is 0 Å². The summed E-state index contributed by atoms with van der Waals surface area (Å²) in [5.41, 5.74) is 3.41. The first-order valence-electron chi connectivity index (χ1n) is 4.61. The van der Waals surface area contributed by atoms with E-state index >= 15 is 0 Å². The average molecular weight is 208 g/mol. The molecule has 0 spiro atoms. The van der Waals surface area contributed by atoms with Crippen molar-refractivity contribution in [2.24, 2.45) is 0 Å². The molecule has 0 saturated heterocycles. The van der Waals surface area contributed by atoms with Crippen molar-refractivity contribution < 1.29 is 4.74 Å². The predicted molar refractivity (Wildman–Crippen MR) is 64.4 cm³/mol. The number of benzene rings is 1. The van der Waals surface area contributed by atoms with Gasteiger partial charge in [0.25, 0.3) is 0 Å². The molecule has 0 N–H and O–H groups in total. The topological polar surface area (TPSA) is 9.23 Å². The lowest BCUT2D eigenvalue weighted by atomic mass is 10.1. The highest BCUT2D eigenvalue weighted by molar-refractivity contribution is 7.80. The minimum atomic E-state index is 0.549. The number of thiol groups is 1. The molecule has 0 aromatic heterocycles. The molecule has 1 nitrogen and oxygen atoms in total. The van der Waals surface area contributed by atoms with Crippen LogP contribution < -0.4 is 4.74 Å². The molecule has 0 aliphatic rings. The van der Waals surface area contributed by atoms with Crippen molar-refractivity contribution in [3.05, 3.63) is 41.5 Å². The molecular formula is C12H16OS. The Morgan fingerprint density at radius 2 is 2.14 bits per heavy atom. The molecule has 0 aliphatic carbocycles. The van der Waals surface area contributed by atoms with Crippen LogP contribution >= 0.6 is 12.6 Å².